The molecule has 0 spiro atoms. The van der Waals surface area contributed by atoms with Crippen LogP contribution in [0, 0.1) is 11.8 Å². The molecule has 1 atom stereocenters. The van der Waals surface area contributed by atoms with E-state index in [4.69, 9.17) is 0 Å². The highest BCUT2D eigenvalue weighted by atomic mass is 16.2. The average Bonchev–Trinajstić information content (AvgIpc) is 2.37. The normalized spacial score (nSPS) is 17.7. The van der Waals surface area contributed by atoms with Gasteiger partial charge < -0.3 is 15.1 Å². The Hall–Kier alpha value is -1.10. The van der Waals surface area contributed by atoms with Gasteiger partial charge in [0.2, 0.25) is 11.8 Å². The van der Waals surface area contributed by atoms with Crippen LogP contribution in [0.15, 0.2) is 0 Å². The highest BCUT2D eigenvalue weighted by Gasteiger charge is 2.24. The maximum atomic E-state index is 12.0. The van der Waals surface area contributed by atoms with Crippen LogP contribution in [0.4, 0.5) is 0 Å². The molecule has 1 fully saturated rings. The van der Waals surface area contributed by atoms with E-state index in [0.717, 1.165) is 26.2 Å². The summed E-state index contributed by atoms with van der Waals surface area (Å²) in [5.74, 6) is 0.358. The van der Waals surface area contributed by atoms with Crippen LogP contribution in [0.2, 0.25) is 0 Å². The summed E-state index contributed by atoms with van der Waals surface area (Å²) in [6.07, 6.45) is 0. The first kappa shape index (κ1) is 15.0. The second kappa shape index (κ2) is 6.73. The number of rotatable bonds is 4. The van der Waals surface area contributed by atoms with Crippen molar-refractivity contribution in [1.82, 2.24) is 15.1 Å². The van der Waals surface area contributed by atoms with Gasteiger partial charge in [0, 0.05) is 39.1 Å². The molecule has 0 bridgehead atoms. The molecule has 5 heteroatoms. The zero-order chi connectivity index (χ0) is 13.7. The van der Waals surface area contributed by atoms with Crippen LogP contribution in [-0.2, 0) is 9.59 Å². The molecule has 0 radical (unpaired) electrons. The number of hydrogen-bond donors (Lipinski definition) is 1. The lowest BCUT2D eigenvalue weighted by atomic mass is 9.97. The van der Waals surface area contributed by atoms with Crippen molar-refractivity contribution in [3.63, 3.8) is 0 Å². The molecular weight excluding hydrogens is 230 g/mol. The van der Waals surface area contributed by atoms with Gasteiger partial charge in [-0.15, -0.1) is 0 Å². The monoisotopic (exact) mass is 255 g/mol. The molecule has 0 aromatic heterocycles. The van der Waals surface area contributed by atoms with Crippen LogP contribution < -0.4 is 5.32 Å². The quantitative estimate of drug-likeness (QED) is 0.779. The van der Waals surface area contributed by atoms with Gasteiger partial charge in [0.15, 0.2) is 0 Å². The van der Waals surface area contributed by atoms with Crippen LogP contribution in [0.3, 0.4) is 0 Å². The number of amides is 2. The zero-order valence-corrected chi connectivity index (χ0v) is 11.9. The summed E-state index contributed by atoms with van der Waals surface area (Å²) < 4.78 is 0. The Bertz CT molecular complexity index is 299. The van der Waals surface area contributed by atoms with Crippen molar-refractivity contribution >= 4 is 11.8 Å². The van der Waals surface area contributed by atoms with Crippen molar-refractivity contribution in [1.29, 1.82) is 0 Å². The lowest BCUT2D eigenvalue weighted by Gasteiger charge is -2.30. The Morgan fingerprint density at radius 3 is 2.28 bits per heavy atom. The van der Waals surface area contributed by atoms with Crippen molar-refractivity contribution in [3.8, 4) is 0 Å². The summed E-state index contributed by atoms with van der Waals surface area (Å²) in [4.78, 5) is 27.4. The number of likely N-dealkylation sites (N-methyl/N-ethyl adjacent to an activating group) is 1. The number of carbonyl (C=O) groups excluding carboxylic acids is 2. The fourth-order valence-electron chi connectivity index (χ4n) is 1.93. The second-order valence-electron chi connectivity index (χ2n) is 5.36. The van der Waals surface area contributed by atoms with Crippen molar-refractivity contribution in [2.24, 2.45) is 11.8 Å². The van der Waals surface area contributed by atoms with Crippen molar-refractivity contribution < 1.29 is 9.59 Å². The maximum absolute atomic E-state index is 12.0. The molecular formula is C13H25N3O2. The molecule has 0 aromatic carbocycles. The number of carbonyl (C=O) groups is 2. The summed E-state index contributed by atoms with van der Waals surface area (Å²) in [7, 11) is 1.71. The van der Waals surface area contributed by atoms with E-state index < -0.39 is 0 Å². The van der Waals surface area contributed by atoms with Crippen molar-refractivity contribution in [2.75, 3.05) is 39.8 Å². The van der Waals surface area contributed by atoms with Gasteiger partial charge in [0.05, 0.1) is 6.54 Å². The van der Waals surface area contributed by atoms with Gasteiger partial charge in [-0.1, -0.05) is 20.8 Å². The number of nitrogens with zero attached hydrogens (tertiary/aromatic N) is 2. The molecule has 0 saturated carbocycles. The first-order chi connectivity index (χ1) is 8.43. The third kappa shape index (κ3) is 3.98. The van der Waals surface area contributed by atoms with Crippen LogP contribution >= 0.6 is 0 Å². The average molecular weight is 255 g/mol. The summed E-state index contributed by atoms with van der Waals surface area (Å²) in [6, 6.07) is 0. The SMILES string of the molecule is CC(C)C(C)C(=O)N(C)CC(=O)N1CCNCC1. The Kier molecular flexibility index (Phi) is 5.59. The first-order valence-corrected chi connectivity index (χ1v) is 6.67. The van der Waals surface area contributed by atoms with Crippen molar-refractivity contribution in [2.45, 2.75) is 20.8 Å². The minimum Gasteiger partial charge on any atom is -0.339 e. The molecule has 104 valence electrons. The molecule has 1 rings (SSSR count). The molecule has 1 saturated heterocycles. The molecule has 5 nitrogen and oxygen atoms in total. The molecule has 1 heterocycles. The lowest BCUT2D eigenvalue weighted by Crippen LogP contribution is -2.50. The smallest absolute Gasteiger partial charge is 0.242 e. The standard InChI is InChI=1S/C13H25N3O2/c1-10(2)11(3)13(18)15(4)9-12(17)16-7-5-14-6-8-16/h10-11,14H,5-9H2,1-4H3. The Labute approximate surface area is 110 Å². The van der Waals surface area contributed by atoms with Gasteiger partial charge in [0.1, 0.15) is 0 Å². The predicted molar refractivity (Wildman–Crippen MR) is 71.1 cm³/mol. The van der Waals surface area contributed by atoms with Crippen LogP contribution in [0.25, 0.3) is 0 Å². The second-order valence-corrected chi connectivity index (χ2v) is 5.36. The number of nitrogens with one attached hydrogen (secondary N) is 1. The molecule has 1 N–H and O–H groups in total. The lowest BCUT2D eigenvalue weighted by molar-refractivity contribution is -0.142. The van der Waals surface area contributed by atoms with Gasteiger partial charge in [-0.3, -0.25) is 9.59 Å². The number of piperazine rings is 1. The van der Waals surface area contributed by atoms with E-state index in [1.807, 2.05) is 25.7 Å². The molecule has 1 aliphatic heterocycles. The number of hydrogen-bond acceptors (Lipinski definition) is 3. The summed E-state index contributed by atoms with van der Waals surface area (Å²) in [6.45, 7) is 9.30. The molecule has 2 amide bonds. The fraction of sp³-hybridized carbons (Fsp3) is 0.846. The van der Waals surface area contributed by atoms with Gasteiger partial charge in [0.25, 0.3) is 0 Å². The van der Waals surface area contributed by atoms with Gasteiger partial charge in [-0.2, -0.15) is 0 Å². The first-order valence-electron chi connectivity index (χ1n) is 6.67. The fourth-order valence-corrected chi connectivity index (χ4v) is 1.93. The minimum absolute atomic E-state index is 0.0363. The molecule has 1 unspecified atom stereocenters. The Morgan fingerprint density at radius 2 is 1.78 bits per heavy atom. The Balaban J connectivity index is 2.45. The van der Waals surface area contributed by atoms with Crippen LogP contribution in [0.1, 0.15) is 20.8 Å². The van der Waals surface area contributed by atoms with E-state index in [1.54, 1.807) is 11.9 Å². The van der Waals surface area contributed by atoms with E-state index in [-0.39, 0.29) is 24.3 Å². The van der Waals surface area contributed by atoms with Crippen LogP contribution in [0.5, 0.6) is 0 Å². The van der Waals surface area contributed by atoms with E-state index in [2.05, 4.69) is 5.32 Å². The third-order valence-electron chi connectivity index (χ3n) is 3.61. The minimum atomic E-state index is -0.0363. The third-order valence-corrected chi connectivity index (χ3v) is 3.61. The van der Waals surface area contributed by atoms with Gasteiger partial charge in [-0.25, -0.2) is 0 Å². The van der Waals surface area contributed by atoms with Gasteiger partial charge >= 0.3 is 0 Å². The largest absolute Gasteiger partial charge is 0.339 e. The summed E-state index contributed by atoms with van der Waals surface area (Å²) in [5, 5.41) is 3.20. The Morgan fingerprint density at radius 1 is 1.22 bits per heavy atom. The predicted octanol–water partition coefficient (Wildman–Crippen LogP) is 0.169. The maximum Gasteiger partial charge on any atom is 0.242 e. The van der Waals surface area contributed by atoms with E-state index in [1.165, 1.54) is 0 Å². The van der Waals surface area contributed by atoms with E-state index >= 15 is 0 Å². The zero-order valence-electron chi connectivity index (χ0n) is 11.9. The van der Waals surface area contributed by atoms with E-state index in [0.29, 0.717) is 5.92 Å². The summed E-state index contributed by atoms with van der Waals surface area (Å²) >= 11 is 0. The highest BCUT2D eigenvalue weighted by Crippen LogP contribution is 2.12. The molecule has 0 aliphatic carbocycles. The topological polar surface area (TPSA) is 52.7 Å². The molecule has 18 heavy (non-hydrogen) atoms. The highest BCUT2D eigenvalue weighted by molar-refractivity contribution is 5.85. The van der Waals surface area contributed by atoms with Gasteiger partial charge in [-0.05, 0) is 5.92 Å². The van der Waals surface area contributed by atoms with E-state index in [9.17, 15) is 9.59 Å². The van der Waals surface area contributed by atoms with Crippen molar-refractivity contribution in [3.05, 3.63) is 0 Å². The summed E-state index contributed by atoms with van der Waals surface area (Å²) in [5.41, 5.74) is 0. The molecule has 1 aliphatic rings. The molecule has 0 aromatic rings. The van der Waals surface area contributed by atoms with Crippen LogP contribution in [-0.4, -0.2) is 61.4 Å².